The minimum absolute atomic E-state index is 0.198. The van der Waals surface area contributed by atoms with Gasteiger partial charge in [0.2, 0.25) is 0 Å². The van der Waals surface area contributed by atoms with Crippen molar-refractivity contribution in [3.63, 3.8) is 0 Å². The predicted molar refractivity (Wildman–Crippen MR) is 63.7 cm³/mol. The summed E-state index contributed by atoms with van der Waals surface area (Å²) < 4.78 is 18.0. The van der Waals surface area contributed by atoms with Gasteiger partial charge in [-0.15, -0.1) is 0 Å². The number of benzene rings is 1. The third-order valence-corrected chi connectivity index (χ3v) is 2.67. The Hall–Kier alpha value is -0.410. The van der Waals surface area contributed by atoms with Crippen molar-refractivity contribution in [2.45, 2.75) is 25.9 Å². The summed E-state index contributed by atoms with van der Waals surface area (Å²) >= 11 is 3.39. The van der Waals surface area contributed by atoms with E-state index in [1.807, 2.05) is 0 Å². The molecule has 0 atom stereocenters. The lowest BCUT2D eigenvalue weighted by atomic mass is 10.2. The molecule has 0 bridgehead atoms. The quantitative estimate of drug-likeness (QED) is 0.541. The van der Waals surface area contributed by atoms with Gasteiger partial charge in [0.25, 0.3) is 0 Å². The van der Waals surface area contributed by atoms with Crippen LogP contribution in [0.15, 0.2) is 24.3 Å². The molecule has 0 aliphatic carbocycles. The summed E-state index contributed by atoms with van der Waals surface area (Å²) in [5, 5.41) is 1.06. The molecular formula is C12H16BrFO. The summed E-state index contributed by atoms with van der Waals surface area (Å²) in [7, 11) is 0. The highest BCUT2D eigenvalue weighted by molar-refractivity contribution is 9.09. The Morgan fingerprint density at radius 2 is 1.80 bits per heavy atom. The summed E-state index contributed by atoms with van der Waals surface area (Å²) in [5.41, 5.74) is 1.02. The van der Waals surface area contributed by atoms with Crippen molar-refractivity contribution in [1.82, 2.24) is 0 Å². The standard InChI is InChI=1S/C12H16BrFO/c13-8-2-1-3-9-15-10-11-4-6-12(14)7-5-11/h4-7H,1-3,8-10H2. The molecule has 1 rings (SSSR count). The Balaban J connectivity index is 2.07. The minimum Gasteiger partial charge on any atom is -0.377 e. The van der Waals surface area contributed by atoms with E-state index in [-0.39, 0.29) is 5.82 Å². The average Bonchev–Trinajstić information content (AvgIpc) is 2.26. The molecule has 15 heavy (non-hydrogen) atoms. The number of ether oxygens (including phenoxy) is 1. The first kappa shape index (κ1) is 12.7. The fourth-order valence-electron chi connectivity index (χ4n) is 1.25. The molecule has 0 aromatic heterocycles. The van der Waals surface area contributed by atoms with Crippen molar-refractivity contribution in [1.29, 1.82) is 0 Å². The second-order valence-corrected chi connectivity index (χ2v) is 4.22. The highest BCUT2D eigenvalue weighted by Gasteiger charge is 1.94. The lowest BCUT2D eigenvalue weighted by Crippen LogP contribution is -1.95. The van der Waals surface area contributed by atoms with Crippen LogP contribution in [0.25, 0.3) is 0 Å². The van der Waals surface area contributed by atoms with E-state index in [9.17, 15) is 4.39 Å². The van der Waals surface area contributed by atoms with Crippen molar-refractivity contribution < 1.29 is 9.13 Å². The average molecular weight is 275 g/mol. The molecule has 3 heteroatoms. The Morgan fingerprint density at radius 1 is 1.07 bits per heavy atom. The van der Waals surface area contributed by atoms with Crippen LogP contribution in [-0.2, 0) is 11.3 Å². The van der Waals surface area contributed by atoms with Gasteiger partial charge in [0, 0.05) is 11.9 Å². The van der Waals surface area contributed by atoms with Crippen molar-refractivity contribution in [2.24, 2.45) is 0 Å². The molecule has 0 N–H and O–H groups in total. The number of alkyl halides is 1. The molecular weight excluding hydrogens is 259 g/mol. The molecule has 0 unspecified atom stereocenters. The summed E-state index contributed by atoms with van der Waals surface area (Å²) in [4.78, 5) is 0. The fourth-order valence-corrected chi connectivity index (χ4v) is 1.64. The van der Waals surface area contributed by atoms with Gasteiger partial charge in [0.05, 0.1) is 6.61 Å². The number of hydrogen-bond acceptors (Lipinski definition) is 1. The molecule has 0 spiro atoms. The molecule has 0 radical (unpaired) electrons. The van der Waals surface area contributed by atoms with Gasteiger partial charge in [0.15, 0.2) is 0 Å². The molecule has 84 valence electrons. The first-order valence-electron chi connectivity index (χ1n) is 5.21. The third-order valence-electron chi connectivity index (χ3n) is 2.10. The zero-order chi connectivity index (χ0) is 10.9. The van der Waals surface area contributed by atoms with Gasteiger partial charge in [0.1, 0.15) is 5.82 Å². The first-order chi connectivity index (χ1) is 7.33. The maximum Gasteiger partial charge on any atom is 0.123 e. The molecule has 0 aliphatic rings. The van der Waals surface area contributed by atoms with E-state index in [1.54, 1.807) is 12.1 Å². The SMILES string of the molecule is Fc1ccc(COCCCCCBr)cc1. The summed E-state index contributed by atoms with van der Waals surface area (Å²) in [5.74, 6) is -0.198. The maximum absolute atomic E-state index is 12.6. The highest BCUT2D eigenvalue weighted by atomic mass is 79.9. The van der Waals surface area contributed by atoms with Gasteiger partial charge in [-0.2, -0.15) is 0 Å². The van der Waals surface area contributed by atoms with E-state index in [0.29, 0.717) is 6.61 Å². The molecule has 0 amide bonds. The van der Waals surface area contributed by atoms with Gasteiger partial charge < -0.3 is 4.74 Å². The van der Waals surface area contributed by atoms with E-state index < -0.39 is 0 Å². The monoisotopic (exact) mass is 274 g/mol. The second kappa shape index (κ2) is 7.83. The van der Waals surface area contributed by atoms with E-state index >= 15 is 0 Å². The lowest BCUT2D eigenvalue weighted by molar-refractivity contribution is 0.117. The number of rotatable bonds is 7. The number of unbranched alkanes of at least 4 members (excludes halogenated alkanes) is 2. The highest BCUT2D eigenvalue weighted by Crippen LogP contribution is 2.05. The van der Waals surface area contributed by atoms with Crippen LogP contribution in [0.4, 0.5) is 4.39 Å². The van der Waals surface area contributed by atoms with Crippen molar-refractivity contribution >= 4 is 15.9 Å². The van der Waals surface area contributed by atoms with E-state index in [4.69, 9.17) is 4.74 Å². The van der Waals surface area contributed by atoms with E-state index in [2.05, 4.69) is 15.9 Å². The zero-order valence-corrected chi connectivity index (χ0v) is 10.3. The van der Waals surface area contributed by atoms with Crippen molar-refractivity contribution in [3.05, 3.63) is 35.6 Å². The first-order valence-corrected chi connectivity index (χ1v) is 6.33. The number of halogens is 2. The van der Waals surface area contributed by atoms with Gasteiger partial charge in [-0.1, -0.05) is 34.5 Å². The Kier molecular flexibility index (Phi) is 6.60. The van der Waals surface area contributed by atoms with Crippen LogP contribution in [-0.4, -0.2) is 11.9 Å². The molecule has 0 heterocycles. The molecule has 1 aromatic rings. The minimum atomic E-state index is -0.198. The van der Waals surface area contributed by atoms with Gasteiger partial charge in [-0.25, -0.2) is 4.39 Å². The summed E-state index contributed by atoms with van der Waals surface area (Å²) in [6.07, 6.45) is 3.47. The van der Waals surface area contributed by atoms with Crippen LogP contribution in [0, 0.1) is 5.82 Å². The smallest absolute Gasteiger partial charge is 0.123 e. The van der Waals surface area contributed by atoms with Crippen LogP contribution in [0.1, 0.15) is 24.8 Å². The largest absolute Gasteiger partial charge is 0.377 e. The number of hydrogen-bond donors (Lipinski definition) is 0. The van der Waals surface area contributed by atoms with Crippen molar-refractivity contribution in [3.8, 4) is 0 Å². The molecule has 0 saturated carbocycles. The lowest BCUT2D eigenvalue weighted by Gasteiger charge is -2.03. The molecule has 0 aliphatic heterocycles. The van der Waals surface area contributed by atoms with Crippen LogP contribution in [0.2, 0.25) is 0 Å². The Morgan fingerprint density at radius 3 is 2.47 bits per heavy atom. The van der Waals surface area contributed by atoms with Crippen molar-refractivity contribution in [2.75, 3.05) is 11.9 Å². The summed E-state index contributed by atoms with van der Waals surface area (Å²) in [6, 6.07) is 6.44. The maximum atomic E-state index is 12.6. The Labute approximate surface area is 98.8 Å². The van der Waals surface area contributed by atoms with E-state index in [0.717, 1.165) is 23.9 Å². The van der Waals surface area contributed by atoms with E-state index in [1.165, 1.54) is 25.0 Å². The summed E-state index contributed by atoms with van der Waals surface area (Å²) in [6.45, 7) is 1.36. The zero-order valence-electron chi connectivity index (χ0n) is 8.72. The van der Waals surface area contributed by atoms with Gasteiger partial charge in [-0.05, 0) is 30.5 Å². The van der Waals surface area contributed by atoms with Crippen LogP contribution in [0.3, 0.4) is 0 Å². The Bertz CT molecular complexity index is 261. The topological polar surface area (TPSA) is 9.23 Å². The molecule has 1 nitrogen and oxygen atoms in total. The third kappa shape index (κ3) is 5.90. The molecule has 0 fully saturated rings. The van der Waals surface area contributed by atoms with Crippen LogP contribution in [0.5, 0.6) is 0 Å². The second-order valence-electron chi connectivity index (χ2n) is 3.43. The van der Waals surface area contributed by atoms with Gasteiger partial charge in [-0.3, -0.25) is 0 Å². The molecule has 0 saturated heterocycles. The normalized spacial score (nSPS) is 10.5. The fraction of sp³-hybridized carbons (Fsp3) is 0.500. The molecule has 1 aromatic carbocycles. The van der Waals surface area contributed by atoms with Crippen LogP contribution < -0.4 is 0 Å². The van der Waals surface area contributed by atoms with Gasteiger partial charge >= 0.3 is 0 Å². The van der Waals surface area contributed by atoms with Crippen LogP contribution >= 0.6 is 15.9 Å². The predicted octanol–water partition coefficient (Wildman–Crippen LogP) is 3.91.